The topological polar surface area (TPSA) is 56.5 Å². The summed E-state index contributed by atoms with van der Waals surface area (Å²) in [6.45, 7) is 6.88. The molecule has 0 radical (unpaired) electrons. The Hall–Kier alpha value is -0.630. The van der Waals surface area contributed by atoms with Gasteiger partial charge < -0.3 is 14.7 Å². The van der Waals surface area contributed by atoms with Gasteiger partial charge in [0.2, 0.25) is 0 Å². The average molecular weight is 254 g/mol. The van der Waals surface area contributed by atoms with Gasteiger partial charge in [0.25, 0.3) is 0 Å². The van der Waals surface area contributed by atoms with Gasteiger partial charge in [-0.05, 0) is 40.3 Å². The highest BCUT2D eigenvalue weighted by molar-refractivity contribution is 4.91. The molecule has 0 aromatic heterocycles. The molecule has 18 heavy (non-hydrogen) atoms. The first-order valence-corrected chi connectivity index (χ1v) is 6.77. The molecule has 0 aliphatic carbocycles. The van der Waals surface area contributed by atoms with Crippen molar-refractivity contribution in [1.82, 2.24) is 4.90 Å². The van der Waals surface area contributed by atoms with E-state index in [1.54, 1.807) is 0 Å². The number of nitrogens with zero attached hydrogens (tertiary/aromatic N) is 2. The fourth-order valence-electron chi connectivity index (χ4n) is 2.34. The Labute approximate surface area is 111 Å². The molecule has 4 heteroatoms. The first-order chi connectivity index (χ1) is 8.37. The highest BCUT2D eigenvalue weighted by Gasteiger charge is 2.30. The zero-order valence-electron chi connectivity index (χ0n) is 11.9. The van der Waals surface area contributed by atoms with Gasteiger partial charge in [-0.15, -0.1) is 0 Å². The molecule has 104 valence electrons. The highest BCUT2D eigenvalue weighted by atomic mass is 16.5. The minimum atomic E-state index is -0.586. The zero-order chi connectivity index (χ0) is 13.6. The fourth-order valence-corrected chi connectivity index (χ4v) is 2.34. The average Bonchev–Trinajstić information content (AvgIpc) is 2.29. The van der Waals surface area contributed by atoms with E-state index in [4.69, 9.17) is 10.00 Å². The standard InChI is InChI=1S/C14H26N2O2/c1-13(2,11-15)5-4-8-16(3)12-14(17)6-9-18-10-7-14/h17H,4-10,12H2,1-3H3. The SMILES string of the molecule is CN(CCCC(C)(C)C#N)CC1(O)CCOCC1. The van der Waals surface area contributed by atoms with E-state index in [-0.39, 0.29) is 5.41 Å². The summed E-state index contributed by atoms with van der Waals surface area (Å²) in [7, 11) is 2.03. The molecule has 0 aromatic carbocycles. The first kappa shape index (κ1) is 15.4. The molecule has 0 saturated carbocycles. The highest BCUT2D eigenvalue weighted by Crippen LogP contribution is 2.23. The molecule has 0 aromatic rings. The minimum absolute atomic E-state index is 0.240. The summed E-state index contributed by atoms with van der Waals surface area (Å²) < 4.78 is 5.27. The maximum Gasteiger partial charge on any atom is 0.0817 e. The van der Waals surface area contributed by atoms with Gasteiger partial charge in [0.1, 0.15) is 0 Å². The van der Waals surface area contributed by atoms with Gasteiger partial charge in [-0.25, -0.2) is 0 Å². The summed E-state index contributed by atoms with van der Waals surface area (Å²) >= 11 is 0. The Morgan fingerprint density at radius 2 is 2.00 bits per heavy atom. The molecule has 1 fully saturated rings. The van der Waals surface area contributed by atoms with Gasteiger partial charge in [0.15, 0.2) is 0 Å². The smallest absolute Gasteiger partial charge is 0.0817 e. The normalized spacial score (nSPS) is 19.8. The zero-order valence-corrected chi connectivity index (χ0v) is 11.9. The summed E-state index contributed by atoms with van der Waals surface area (Å²) in [4.78, 5) is 2.17. The summed E-state index contributed by atoms with van der Waals surface area (Å²) in [5.41, 5.74) is -0.825. The number of hydrogen-bond acceptors (Lipinski definition) is 4. The van der Waals surface area contributed by atoms with Crippen LogP contribution in [0.3, 0.4) is 0 Å². The van der Waals surface area contributed by atoms with Crippen molar-refractivity contribution in [2.45, 2.75) is 45.1 Å². The van der Waals surface area contributed by atoms with E-state index < -0.39 is 5.60 Å². The van der Waals surface area contributed by atoms with Gasteiger partial charge in [-0.1, -0.05) is 0 Å². The third-order valence-corrected chi connectivity index (χ3v) is 3.63. The molecule has 1 N–H and O–H groups in total. The van der Waals surface area contributed by atoms with Crippen molar-refractivity contribution in [3.05, 3.63) is 0 Å². The molecule has 1 aliphatic heterocycles. The van der Waals surface area contributed by atoms with Gasteiger partial charge >= 0.3 is 0 Å². The molecular weight excluding hydrogens is 228 g/mol. The Bertz CT molecular complexity index is 291. The van der Waals surface area contributed by atoms with Crippen LogP contribution >= 0.6 is 0 Å². The van der Waals surface area contributed by atoms with Gasteiger partial charge in [0, 0.05) is 32.6 Å². The second kappa shape index (κ2) is 6.51. The molecule has 0 spiro atoms. The molecule has 1 saturated heterocycles. The first-order valence-electron chi connectivity index (χ1n) is 6.77. The summed E-state index contributed by atoms with van der Waals surface area (Å²) in [5, 5.41) is 19.3. The van der Waals surface area contributed by atoms with Crippen LogP contribution in [-0.2, 0) is 4.74 Å². The molecule has 0 unspecified atom stereocenters. The van der Waals surface area contributed by atoms with Crippen LogP contribution in [0.2, 0.25) is 0 Å². The predicted octanol–water partition coefficient (Wildman–Crippen LogP) is 1.79. The Morgan fingerprint density at radius 3 is 2.56 bits per heavy atom. The van der Waals surface area contributed by atoms with Crippen molar-refractivity contribution in [3.8, 4) is 6.07 Å². The van der Waals surface area contributed by atoms with E-state index in [1.807, 2.05) is 20.9 Å². The molecule has 0 atom stereocenters. The van der Waals surface area contributed by atoms with E-state index >= 15 is 0 Å². The summed E-state index contributed by atoms with van der Waals surface area (Å²) in [6.07, 6.45) is 3.33. The Kier molecular flexibility index (Phi) is 5.58. The van der Waals surface area contributed by atoms with Crippen molar-refractivity contribution < 1.29 is 9.84 Å². The van der Waals surface area contributed by atoms with E-state index in [0.717, 1.165) is 32.2 Å². The number of likely N-dealkylation sites (N-methyl/N-ethyl adjacent to an activating group) is 1. The van der Waals surface area contributed by atoms with Gasteiger partial charge in [-0.3, -0.25) is 0 Å². The van der Waals surface area contributed by atoms with Gasteiger partial charge in [0.05, 0.1) is 17.1 Å². The lowest BCUT2D eigenvalue weighted by atomic mass is 9.89. The quantitative estimate of drug-likeness (QED) is 0.785. The molecule has 1 heterocycles. The van der Waals surface area contributed by atoms with Crippen molar-refractivity contribution in [3.63, 3.8) is 0 Å². The minimum Gasteiger partial charge on any atom is -0.388 e. The lowest BCUT2D eigenvalue weighted by Gasteiger charge is -2.35. The van der Waals surface area contributed by atoms with E-state index in [0.29, 0.717) is 19.8 Å². The fraction of sp³-hybridized carbons (Fsp3) is 0.929. The summed E-state index contributed by atoms with van der Waals surface area (Å²) in [5.74, 6) is 0. The van der Waals surface area contributed by atoms with E-state index in [9.17, 15) is 5.11 Å². The third-order valence-electron chi connectivity index (χ3n) is 3.63. The van der Waals surface area contributed by atoms with Gasteiger partial charge in [-0.2, -0.15) is 5.26 Å². The lowest BCUT2D eigenvalue weighted by Crippen LogP contribution is -2.45. The van der Waals surface area contributed by atoms with Crippen LogP contribution in [0.5, 0.6) is 0 Å². The van der Waals surface area contributed by atoms with Crippen LogP contribution in [0, 0.1) is 16.7 Å². The molecule has 4 nitrogen and oxygen atoms in total. The second-order valence-corrected chi connectivity index (χ2v) is 6.17. The second-order valence-electron chi connectivity index (χ2n) is 6.17. The van der Waals surface area contributed by atoms with Crippen LogP contribution in [-0.4, -0.2) is 49.0 Å². The van der Waals surface area contributed by atoms with Crippen LogP contribution in [0.4, 0.5) is 0 Å². The van der Waals surface area contributed by atoms with Crippen LogP contribution in [0.15, 0.2) is 0 Å². The number of rotatable bonds is 6. The molecule has 1 rings (SSSR count). The largest absolute Gasteiger partial charge is 0.388 e. The van der Waals surface area contributed by atoms with Crippen molar-refractivity contribution in [2.75, 3.05) is 33.4 Å². The Balaban J connectivity index is 2.25. The predicted molar refractivity (Wildman–Crippen MR) is 71.1 cm³/mol. The lowest BCUT2D eigenvalue weighted by molar-refractivity contribution is -0.0769. The number of ether oxygens (including phenoxy) is 1. The van der Waals surface area contributed by atoms with Crippen LogP contribution in [0.25, 0.3) is 0 Å². The molecule has 0 bridgehead atoms. The monoisotopic (exact) mass is 254 g/mol. The van der Waals surface area contributed by atoms with Crippen molar-refractivity contribution in [1.29, 1.82) is 5.26 Å². The Morgan fingerprint density at radius 1 is 1.39 bits per heavy atom. The summed E-state index contributed by atoms with van der Waals surface area (Å²) in [6, 6.07) is 2.32. The number of nitriles is 1. The number of hydrogen-bond donors (Lipinski definition) is 1. The van der Waals surface area contributed by atoms with E-state index in [2.05, 4.69) is 11.0 Å². The van der Waals surface area contributed by atoms with Crippen molar-refractivity contribution in [2.24, 2.45) is 5.41 Å². The van der Waals surface area contributed by atoms with Crippen LogP contribution < -0.4 is 0 Å². The van der Waals surface area contributed by atoms with Crippen LogP contribution in [0.1, 0.15) is 39.5 Å². The maximum atomic E-state index is 10.4. The molecular formula is C14H26N2O2. The molecule has 1 aliphatic rings. The number of aliphatic hydroxyl groups is 1. The van der Waals surface area contributed by atoms with Crippen molar-refractivity contribution >= 4 is 0 Å². The third kappa shape index (κ3) is 5.34. The molecule has 0 amide bonds. The maximum absolute atomic E-state index is 10.4. The van der Waals surface area contributed by atoms with E-state index in [1.165, 1.54) is 0 Å².